The van der Waals surface area contributed by atoms with Gasteiger partial charge >= 0.3 is 12.3 Å². The third-order valence-corrected chi connectivity index (χ3v) is 6.65. The molecule has 34 heavy (non-hydrogen) atoms. The maximum atomic E-state index is 13.1. The van der Waals surface area contributed by atoms with Crippen molar-refractivity contribution in [2.75, 3.05) is 16.8 Å². The lowest BCUT2D eigenvalue weighted by molar-refractivity contribution is -0.137. The van der Waals surface area contributed by atoms with E-state index in [2.05, 4.69) is 20.3 Å². The van der Waals surface area contributed by atoms with Gasteiger partial charge in [0.25, 0.3) is 0 Å². The molecule has 1 spiro atoms. The molecule has 176 valence electrons. The van der Waals surface area contributed by atoms with Crippen LogP contribution in [-0.2, 0) is 23.8 Å². The average molecular weight is 470 g/mol. The molecule has 8 nitrogen and oxygen atoms in total. The highest BCUT2D eigenvalue weighted by Crippen LogP contribution is 2.45. The van der Waals surface area contributed by atoms with Crippen LogP contribution in [0.1, 0.15) is 48.3 Å². The van der Waals surface area contributed by atoms with Gasteiger partial charge in [-0.05, 0) is 62.4 Å². The normalized spacial score (nSPS) is 18.9. The molecule has 0 bridgehead atoms. The number of nitrogens with one attached hydrogen (secondary N) is 1. The average Bonchev–Trinajstić information content (AvgIpc) is 3.26. The molecule has 11 heteroatoms. The Bertz CT molecular complexity index is 1300. The van der Waals surface area contributed by atoms with E-state index < -0.39 is 17.8 Å². The second-order valence-electron chi connectivity index (χ2n) is 9.03. The van der Waals surface area contributed by atoms with Crippen molar-refractivity contribution in [2.45, 2.75) is 50.4 Å². The van der Waals surface area contributed by atoms with Crippen molar-refractivity contribution in [2.24, 2.45) is 0 Å². The first-order valence-corrected chi connectivity index (χ1v) is 11.1. The SMILES string of the molecule is C[C@H](Nc1nccc(N2CC3(CC3)OC2=O)n1)c1ncn2c1CCc1cc(C(F)(F)F)ccc1-2. The Morgan fingerprint density at radius 3 is 2.74 bits per heavy atom. The molecule has 1 aliphatic carbocycles. The molecular weight excluding hydrogens is 449 g/mol. The minimum Gasteiger partial charge on any atom is -0.441 e. The molecule has 3 aromatic rings. The number of fused-ring (bicyclic) bond motifs is 3. The van der Waals surface area contributed by atoms with Gasteiger partial charge in [0.2, 0.25) is 5.95 Å². The number of rotatable bonds is 4. The van der Waals surface area contributed by atoms with E-state index in [4.69, 9.17) is 4.74 Å². The molecule has 0 radical (unpaired) electrons. The summed E-state index contributed by atoms with van der Waals surface area (Å²) in [4.78, 5) is 27.1. The van der Waals surface area contributed by atoms with Gasteiger partial charge in [-0.15, -0.1) is 0 Å². The van der Waals surface area contributed by atoms with Crippen LogP contribution in [0, 0.1) is 0 Å². The van der Waals surface area contributed by atoms with E-state index in [9.17, 15) is 18.0 Å². The van der Waals surface area contributed by atoms with Gasteiger partial charge < -0.3 is 14.6 Å². The van der Waals surface area contributed by atoms with E-state index in [-0.39, 0.29) is 11.6 Å². The molecule has 1 amide bonds. The van der Waals surface area contributed by atoms with Crippen LogP contribution in [0.4, 0.5) is 29.7 Å². The van der Waals surface area contributed by atoms with E-state index in [0.29, 0.717) is 42.4 Å². The van der Waals surface area contributed by atoms with Crippen molar-refractivity contribution >= 4 is 17.9 Å². The summed E-state index contributed by atoms with van der Waals surface area (Å²) in [7, 11) is 0. The van der Waals surface area contributed by atoms with Gasteiger partial charge in [-0.25, -0.2) is 14.8 Å². The Kier molecular flexibility index (Phi) is 4.42. The summed E-state index contributed by atoms with van der Waals surface area (Å²) in [5, 5.41) is 3.24. The smallest absolute Gasteiger partial charge is 0.416 e. The number of aromatic nitrogens is 4. The fraction of sp³-hybridized carbons (Fsp3) is 0.391. The second-order valence-corrected chi connectivity index (χ2v) is 9.03. The molecule has 4 heterocycles. The molecule has 1 atom stereocenters. The molecule has 2 aromatic heterocycles. The van der Waals surface area contributed by atoms with Crippen LogP contribution in [0.2, 0.25) is 0 Å². The second kappa shape index (κ2) is 7.18. The number of halogens is 3. The molecule has 1 N–H and O–H groups in total. The summed E-state index contributed by atoms with van der Waals surface area (Å²) in [6, 6.07) is 5.22. The third-order valence-electron chi connectivity index (χ3n) is 6.65. The lowest BCUT2D eigenvalue weighted by Crippen LogP contribution is -2.26. The number of carbonyl (C=O) groups is 1. The van der Waals surface area contributed by atoms with Crippen LogP contribution in [0.5, 0.6) is 0 Å². The molecular formula is C23H21F3N6O2. The topological polar surface area (TPSA) is 85.2 Å². The first-order chi connectivity index (χ1) is 16.2. The maximum absolute atomic E-state index is 13.1. The number of aryl methyl sites for hydroxylation is 1. The molecule has 2 fully saturated rings. The highest BCUT2D eigenvalue weighted by atomic mass is 19.4. The van der Waals surface area contributed by atoms with Gasteiger partial charge in [0.05, 0.1) is 30.2 Å². The van der Waals surface area contributed by atoms with Gasteiger partial charge in [0.1, 0.15) is 11.4 Å². The molecule has 1 saturated heterocycles. The predicted octanol–water partition coefficient (Wildman–Crippen LogP) is 4.44. The monoisotopic (exact) mass is 470 g/mol. The van der Waals surface area contributed by atoms with Crippen LogP contribution in [0.25, 0.3) is 5.69 Å². The number of ether oxygens (including phenoxy) is 1. The van der Waals surface area contributed by atoms with Gasteiger partial charge in [0.15, 0.2) is 0 Å². The first-order valence-electron chi connectivity index (χ1n) is 11.1. The third kappa shape index (κ3) is 3.46. The van der Waals surface area contributed by atoms with Gasteiger partial charge in [-0.2, -0.15) is 18.2 Å². The van der Waals surface area contributed by atoms with Gasteiger partial charge in [-0.1, -0.05) is 0 Å². The van der Waals surface area contributed by atoms with Gasteiger partial charge in [-0.3, -0.25) is 4.90 Å². The Balaban J connectivity index is 1.23. The van der Waals surface area contributed by atoms with Gasteiger partial charge in [0, 0.05) is 17.6 Å². The zero-order chi connectivity index (χ0) is 23.7. The van der Waals surface area contributed by atoms with Crippen LogP contribution in [-0.4, -0.2) is 37.8 Å². The molecule has 3 aliphatic rings. The van der Waals surface area contributed by atoms with E-state index in [1.54, 1.807) is 18.6 Å². The number of hydrogen-bond acceptors (Lipinski definition) is 6. The number of benzene rings is 1. The quantitative estimate of drug-likeness (QED) is 0.607. The summed E-state index contributed by atoms with van der Waals surface area (Å²) < 4.78 is 46.6. The molecule has 6 rings (SSSR count). The van der Waals surface area contributed by atoms with Crippen molar-refractivity contribution in [3.8, 4) is 5.69 Å². The molecule has 2 aliphatic heterocycles. The lowest BCUT2D eigenvalue weighted by Gasteiger charge is -2.22. The summed E-state index contributed by atoms with van der Waals surface area (Å²) in [6.45, 7) is 2.41. The fourth-order valence-corrected chi connectivity index (χ4v) is 4.69. The Morgan fingerprint density at radius 2 is 2.00 bits per heavy atom. The fourth-order valence-electron chi connectivity index (χ4n) is 4.69. The number of nitrogens with zero attached hydrogens (tertiary/aromatic N) is 5. The highest BCUT2D eigenvalue weighted by molar-refractivity contribution is 5.89. The van der Waals surface area contributed by atoms with Crippen LogP contribution < -0.4 is 10.2 Å². The molecule has 1 aromatic carbocycles. The Labute approximate surface area is 192 Å². The minimum atomic E-state index is -4.37. The van der Waals surface area contributed by atoms with Crippen LogP contribution >= 0.6 is 0 Å². The number of amides is 1. The summed E-state index contributed by atoms with van der Waals surface area (Å²) in [5.74, 6) is 0.821. The summed E-state index contributed by atoms with van der Waals surface area (Å²) in [6.07, 6.45) is 1.26. The van der Waals surface area contributed by atoms with Crippen LogP contribution in [0.15, 0.2) is 36.8 Å². The number of carbonyl (C=O) groups excluding carboxylic acids is 1. The van der Waals surface area contributed by atoms with Crippen molar-refractivity contribution in [1.82, 2.24) is 19.5 Å². The number of alkyl halides is 3. The Hall–Kier alpha value is -3.63. The van der Waals surface area contributed by atoms with Crippen molar-refractivity contribution in [3.05, 3.63) is 59.3 Å². The van der Waals surface area contributed by atoms with Crippen molar-refractivity contribution in [1.29, 1.82) is 0 Å². The lowest BCUT2D eigenvalue weighted by atomic mass is 9.97. The largest absolute Gasteiger partial charge is 0.441 e. The van der Waals surface area contributed by atoms with Crippen molar-refractivity contribution < 1.29 is 22.7 Å². The standard InChI is InChI=1S/C23H21F3N6O2/c1-13(29-20-27-9-6-18(30-20)31-11-22(7-8-22)34-21(31)33)19-17-4-2-14-10-15(23(24,25)26)3-5-16(14)32(17)12-28-19/h3,5-6,9-10,12-13H,2,4,7-8,11H2,1H3,(H,27,29,30)/t13-/m0/s1. The predicted molar refractivity (Wildman–Crippen MR) is 116 cm³/mol. The zero-order valence-corrected chi connectivity index (χ0v) is 18.3. The zero-order valence-electron chi connectivity index (χ0n) is 18.3. The Morgan fingerprint density at radius 1 is 1.18 bits per heavy atom. The highest BCUT2D eigenvalue weighted by Gasteiger charge is 2.55. The first kappa shape index (κ1) is 20.9. The van der Waals surface area contributed by atoms with Crippen LogP contribution in [0.3, 0.4) is 0 Å². The van der Waals surface area contributed by atoms with E-state index >= 15 is 0 Å². The minimum absolute atomic E-state index is 0.261. The summed E-state index contributed by atoms with van der Waals surface area (Å²) >= 11 is 0. The maximum Gasteiger partial charge on any atom is 0.416 e. The molecule has 1 saturated carbocycles. The number of anilines is 2. The van der Waals surface area contributed by atoms with E-state index in [1.165, 1.54) is 17.0 Å². The van der Waals surface area contributed by atoms with E-state index in [0.717, 1.165) is 30.3 Å². The van der Waals surface area contributed by atoms with E-state index in [1.807, 2.05) is 11.5 Å². The van der Waals surface area contributed by atoms with Crippen molar-refractivity contribution in [3.63, 3.8) is 0 Å². The number of imidazole rings is 1. The number of hydrogen-bond donors (Lipinski definition) is 1. The molecule has 0 unspecified atom stereocenters. The summed E-state index contributed by atoms with van der Waals surface area (Å²) in [5.41, 5.74) is 2.07.